The number of nitrogens with zero attached hydrogens (tertiary/aromatic N) is 5. The molecule has 1 fully saturated rings. The van der Waals surface area contributed by atoms with Crippen LogP contribution in [-0.2, 0) is 23.5 Å². The van der Waals surface area contributed by atoms with Crippen LogP contribution in [0.3, 0.4) is 0 Å². The molecule has 2 aliphatic heterocycles. The fourth-order valence-electron chi connectivity index (χ4n) is 6.43. The first-order valence-corrected chi connectivity index (χ1v) is 15.6. The quantitative estimate of drug-likeness (QED) is 0.204. The molecule has 1 saturated heterocycles. The standard InChI is InChI=1S/C35H33F6N5O3/c1-33(2,3)49-32(48)46-18-23(28-6-4-5-7-30(28)46)14-27-19-44-17-21(29-16-42-10-11-43-29)8-9-26(44)20-45(27)31(47)22-12-24(34(36,37)38)15-25(13-22)35(39,40)41/h4-7,10-13,15-18,26-27H,8-9,14,19-20H2,1-3H3. The zero-order valence-electron chi connectivity index (χ0n) is 26.8. The largest absolute Gasteiger partial charge is 0.443 e. The van der Waals surface area contributed by atoms with Gasteiger partial charge in [0.2, 0.25) is 0 Å². The van der Waals surface area contributed by atoms with Gasteiger partial charge in [0.25, 0.3) is 5.91 Å². The van der Waals surface area contributed by atoms with Gasteiger partial charge in [0.05, 0.1) is 34.6 Å². The van der Waals surface area contributed by atoms with Crippen molar-refractivity contribution in [3.05, 3.63) is 101 Å². The van der Waals surface area contributed by atoms with Crippen molar-refractivity contribution < 1.29 is 40.7 Å². The Kier molecular flexibility index (Phi) is 8.70. The molecular weight excluding hydrogens is 652 g/mol. The zero-order valence-corrected chi connectivity index (χ0v) is 26.8. The van der Waals surface area contributed by atoms with Gasteiger partial charge in [-0.3, -0.25) is 19.3 Å². The number of rotatable bonds is 4. The van der Waals surface area contributed by atoms with E-state index in [1.165, 1.54) is 9.47 Å². The van der Waals surface area contributed by atoms with E-state index in [2.05, 4.69) is 9.97 Å². The third kappa shape index (κ3) is 7.27. The molecule has 2 unspecified atom stereocenters. The second-order valence-electron chi connectivity index (χ2n) is 13.3. The number of amides is 1. The molecule has 2 atom stereocenters. The van der Waals surface area contributed by atoms with Gasteiger partial charge in [-0.05, 0) is 75.4 Å². The molecule has 0 N–H and O–H groups in total. The summed E-state index contributed by atoms with van der Waals surface area (Å²) in [5.41, 5.74) is -1.82. The number of benzene rings is 2. The highest BCUT2D eigenvalue weighted by Crippen LogP contribution is 2.38. The number of aromatic nitrogens is 3. The molecule has 14 heteroatoms. The molecule has 2 aromatic heterocycles. The van der Waals surface area contributed by atoms with Gasteiger partial charge in [0, 0.05) is 54.9 Å². The van der Waals surface area contributed by atoms with Gasteiger partial charge in [-0.15, -0.1) is 0 Å². The number of halogens is 6. The average molecular weight is 686 g/mol. The summed E-state index contributed by atoms with van der Waals surface area (Å²) in [6, 6.07) is 7.09. The predicted molar refractivity (Wildman–Crippen MR) is 168 cm³/mol. The Hall–Kier alpha value is -4.88. The summed E-state index contributed by atoms with van der Waals surface area (Å²) in [6.45, 7) is 5.48. The number of carbonyl (C=O) groups is 2. The molecule has 49 heavy (non-hydrogen) atoms. The Morgan fingerprint density at radius 2 is 1.63 bits per heavy atom. The molecule has 2 aliphatic rings. The van der Waals surface area contributed by atoms with E-state index in [9.17, 15) is 35.9 Å². The second kappa shape index (κ2) is 12.5. The molecule has 8 nitrogen and oxygen atoms in total. The maximum Gasteiger partial charge on any atom is 0.419 e. The Labute approximate surface area is 278 Å². The summed E-state index contributed by atoms with van der Waals surface area (Å²) in [6.07, 6.45) is -1.24. The number of ether oxygens (including phenoxy) is 1. The third-order valence-electron chi connectivity index (χ3n) is 8.64. The number of hydrogen-bond donors (Lipinski definition) is 0. The first-order chi connectivity index (χ1) is 23.0. The molecule has 0 saturated carbocycles. The van der Waals surface area contributed by atoms with E-state index in [0.717, 1.165) is 5.57 Å². The van der Waals surface area contributed by atoms with Crippen LogP contribution < -0.4 is 0 Å². The number of alkyl halides is 6. The summed E-state index contributed by atoms with van der Waals surface area (Å²) >= 11 is 0. The fourth-order valence-corrected chi connectivity index (χ4v) is 6.43. The van der Waals surface area contributed by atoms with Gasteiger partial charge in [0.15, 0.2) is 0 Å². The maximum absolute atomic E-state index is 14.1. The number of hydrogen-bond acceptors (Lipinski definition) is 6. The Bertz CT molecular complexity index is 1880. The van der Waals surface area contributed by atoms with Crippen molar-refractivity contribution in [3.8, 4) is 0 Å². The van der Waals surface area contributed by atoms with E-state index in [0.29, 0.717) is 47.1 Å². The highest BCUT2D eigenvalue weighted by atomic mass is 19.4. The van der Waals surface area contributed by atoms with Gasteiger partial charge < -0.3 is 14.5 Å². The van der Waals surface area contributed by atoms with Crippen LogP contribution in [0.5, 0.6) is 0 Å². The molecule has 6 rings (SSSR count). The molecule has 1 amide bonds. The van der Waals surface area contributed by atoms with Crippen LogP contribution in [0.4, 0.5) is 31.1 Å². The Morgan fingerprint density at radius 3 is 2.27 bits per heavy atom. The van der Waals surface area contributed by atoms with Crippen molar-refractivity contribution in [1.29, 1.82) is 0 Å². The van der Waals surface area contributed by atoms with Crippen LogP contribution in [0, 0.1) is 0 Å². The lowest BCUT2D eigenvalue weighted by Gasteiger charge is -2.48. The van der Waals surface area contributed by atoms with E-state index in [4.69, 9.17) is 4.74 Å². The van der Waals surface area contributed by atoms with E-state index in [1.807, 2.05) is 11.1 Å². The van der Waals surface area contributed by atoms with Crippen LogP contribution in [0.15, 0.2) is 73.5 Å². The van der Waals surface area contributed by atoms with Crippen molar-refractivity contribution in [1.82, 2.24) is 24.3 Å². The van der Waals surface area contributed by atoms with Gasteiger partial charge in [0.1, 0.15) is 5.60 Å². The van der Waals surface area contributed by atoms with E-state index < -0.39 is 52.7 Å². The van der Waals surface area contributed by atoms with Crippen LogP contribution in [0.1, 0.15) is 66.4 Å². The first kappa shape index (κ1) is 34.0. The Balaban J connectivity index is 1.41. The van der Waals surface area contributed by atoms with Crippen molar-refractivity contribution in [2.24, 2.45) is 0 Å². The number of para-hydroxylation sites is 1. The fraction of sp³-hybridized carbons (Fsp3) is 0.371. The van der Waals surface area contributed by atoms with Gasteiger partial charge in [-0.1, -0.05) is 18.2 Å². The maximum atomic E-state index is 14.1. The lowest BCUT2D eigenvalue weighted by molar-refractivity contribution is -0.143. The summed E-state index contributed by atoms with van der Waals surface area (Å²) in [7, 11) is 0. The van der Waals surface area contributed by atoms with Gasteiger partial charge in [-0.2, -0.15) is 26.3 Å². The van der Waals surface area contributed by atoms with Crippen LogP contribution in [0.25, 0.3) is 16.5 Å². The molecule has 0 spiro atoms. The number of carbonyl (C=O) groups excluding carboxylic acids is 2. The van der Waals surface area contributed by atoms with Crippen LogP contribution in [-0.4, -0.2) is 67.1 Å². The SMILES string of the molecule is CC(C)(C)OC(=O)n1cc(CC2CN3C=C(c4cnccn4)CCC3CN2C(=O)c2cc(C(F)(F)F)cc(C(F)(F)F)c2)c2ccccc21. The minimum atomic E-state index is -5.11. The van der Waals surface area contributed by atoms with Gasteiger partial charge in [-0.25, -0.2) is 4.79 Å². The normalized spacial score (nSPS) is 18.7. The highest BCUT2D eigenvalue weighted by molar-refractivity contribution is 5.95. The van der Waals surface area contributed by atoms with Crippen molar-refractivity contribution in [2.45, 2.75) is 70.1 Å². The van der Waals surface area contributed by atoms with Crippen molar-refractivity contribution >= 4 is 28.5 Å². The zero-order chi connectivity index (χ0) is 35.3. The van der Waals surface area contributed by atoms with Crippen molar-refractivity contribution in [3.63, 3.8) is 0 Å². The van der Waals surface area contributed by atoms with E-state index in [-0.39, 0.29) is 31.6 Å². The predicted octanol–water partition coefficient (Wildman–Crippen LogP) is 7.82. The van der Waals surface area contributed by atoms with Gasteiger partial charge >= 0.3 is 18.4 Å². The molecule has 0 radical (unpaired) electrons. The molecule has 2 aromatic carbocycles. The molecular formula is C35H33F6N5O3. The molecule has 4 aromatic rings. The minimum Gasteiger partial charge on any atom is -0.443 e. The number of allylic oxidation sites excluding steroid dienone is 1. The lowest BCUT2D eigenvalue weighted by atomic mass is 9.91. The van der Waals surface area contributed by atoms with E-state index >= 15 is 0 Å². The molecule has 0 bridgehead atoms. The summed E-state index contributed by atoms with van der Waals surface area (Å²) in [5, 5.41) is 0.691. The average Bonchev–Trinajstić information content (AvgIpc) is 3.41. The number of fused-ring (bicyclic) bond motifs is 2. The molecule has 4 heterocycles. The second-order valence-corrected chi connectivity index (χ2v) is 13.3. The van der Waals surface area contributed by atoms with Crippen LogP contribution >= 0.6 is 0 Å². The lowest BCUT2D eigenvalue weighted by Crippen LogP contribution is -2.59. The summed E-state index contributed by atoms with van der Waals surface area (Å²) in [5.74, 6) is -0.944. The topological polar surface area (TPSA) is 80.6 Å². The molecule has 258 valence electrons. The van der Waals surface area contributed by atoms with Crippen LogP contribution in [0.2, 0.25) is 0 Å². The molecule has 0 aliphatic carbocycles. The number of piperazine rings is 1. The van der Waals surface area contributed by atoms with E-state index in [1.54, 1.807) is 69.8 Å². The smallest absolute Gasteiger partial charge is 0.419 e. The third-order valence-corrected chi connectivity index (χ3v) is 8.64. The Morgan fingerprint density at radius 1 is 0.939 bits per heavy atom. The summed E-state index contributed by atoms with van der Waals surface area (Å²) < 4.78 is 89.6. The van der Waals surface area contributed by atoms with Crippen molar-refractivity contribution in [2.75, 3.05) is 13.1 Å². The monoisotopic (exact) mass is 685 g/mol. The summed E-state index contributed by atoms with van der Waals surface area (Å²) in [4.78, 5) is 39.3. The highest BCUT2D eigenvalue weighted by Gasteiger charge is 2.41. The minimum absolute atomic E-state index is 0.0116. The first-order valence-electron chi connectivity index (χ1n) is 15.6.